The van der Waals surface area contributed by atoms with E-state index in [0.29, 0.717) is 43.0 Å². The van der Waals surface area contributed by atoms with Gasteiger partial charge in [-0.1, -0.05) is 48.3 Å². The number of fused-ring (bicyclic) bond motifs is 5. The number of halogens is 1. The average molecular weight is 772 g/mol. The summed E-state index contributed by atoms with van der Waals surface area (Å²) < 4.78 is 53.4. The molecule has 55 heavy (non-hydrogen) atoms. The highest BCUT2D eigenvalue weighted by atomic mass is 32.2. The number of amides is 3. The number of hydrogen-bond acceptors (Lipinski definition) is 10. The Labute approximate surface area is 317 Å². The maximum absolute atomic E-state index is 14.6. The smallest absolute Gasteiger partial charge is 0.274 e. The Balaban J connectivity index is 1.13. The summed E-state index contributed by atoms with van der Waals surface area (Å²) >= 11 is 0. The van der Waals surface area contributed by atoms with Crippen molar-refractivity contribution >= 4 is 55.2 Å². The van der Waals surface area contributed by atoms with Gasteiger partial charge in [0.05, 0.1) is 28.3 Å². The molecular weight excluding hydrogens is 730 g/mol. The second-order valence-electron chi connectivity index (χ2n) is 15.6. The maximum atomic E-state index is 14.6. The maximum Gasteiger partial charge on any atom is 0.274 e. The van der Waals surface area contributed by atoms with Gasteiger partial charge in [-0.3, -0.25) is 23.9 Å². The summed E-state index contributed by atoms with van der Waals surface area (Å²) in [5, 5.41) is 8.68. The third-order valence-corrected chi connectivity index (χ3v) is 13.9. The van der Waals surface area contributed by atoms with Gasteiger partial charge in [-0.25, -0.2) is 17.8 Å². The molecule has 2 aromatic heterocycles. The number of nitrogens with one attached hydrogen (secondary N) is 2. The number of pyridine rings is 1. The van der Waals surface area contributed by atoms with E-state index in [1.54, 1.807) is 13.0 Å². The Kier molecular flexibility index (Phi) is 9.46. The van der Waals surface area contributed by atoms with Crippen LogP contribution < -0.4 is 14.8 Å². The highest BCUT2D eigenvalue weighted by Gasteiger charge is 2.62. The molecule has 3 fully saturated rings. The van der Waals surface area contributed by atoms with Crippen LogP contribution in [0.3, 0.4) is 0 Å². The molecule has 0 bridgehead atoms. The zero-order valence-corrected chi connectivity index (χ0v) is 31.1. The Morgan fingerprint density at radius 1 is 1.04 bits per heavy atom. The second-order valence-corrected chi connectivity index (χ2v) is 17.8. The summed E-state index contributed by atoms with van der Waals surface area (Å²) in [4.78, 5) is 62.3. The second kappa shape index (κ2) is 14.2. The van der Waals surface area contributed by atoms with Gasteiger partial charge in [0.2, 0.25) is 27.7 Å². The molecule has 2 saturated carbocycles. The van der Waals surface area contributed by atoms with Crippen LogP contribution in [0.5, 0.6) is 5.88 Å². The van der Waals surface area contributed by atoms with Gasteiger partial charge in [-0.05, 0) is 75.0 Å². The molecule has 288 valence electrons. The first-order chi connectivity index (χ1) is 26.4. The third-order valence-electron chi connectivity index (χ3n) is 11.7. The Bertz CT molecular complexity index is 2330. The first kappa shape index (κ1) is 36.8. The first-order valence-electron chi connectivity index (χ1n) is 18.8. The van der Waals surface area contributed by atoms with Gasteiger partial charge in [-0.15, -0.1) is 0 Å². The highest BCUT2D eigenvalue weighted by Crippen LogP contribution is 2.57. The summed E-state index contributed by atoms with van der Waals surface area (Å²) in [6.07, 6.45) is 8.41. The quantitative estimate of drug-likeness (QED) is 0.189. The van der Waals surface area contributed by atoms with E-state index in [2.05, 4.69) is 20.2 Å². The van der Waals surface area contributed by atoms with Crippen LogP contribution in [0.2, 0.25) is 0 Å². The number of ketones is 1. The van der Waals surface area contributed by atoms with Gasteiger partial charge in [0.15, 0.2) is 11.5 Å². The molecule has 8 rings (SSSR count). The van der Waals surface area contributed by atoms with E-state index in [0.717, 1.165) is 23.6 Å². The number of hydrogen-bond donors (Lipinski definition) is 2. The molecule has 15 heteroatoms. The summed E-state index contributed by atoms with van der Waals surface area (Å²) in [6.45, 7) is 1.55. The fraction of sp³-hybridized carbons (Fsp3) is 0.450. The predicted octanol–water partition coefficient (Wildman–Crippen LogP) is 5.15. The number of sulfonamides is 1. The molecule has 0 unspecified atom stereocenters. The monoisotopic (exact) mass is 771 g/mol. The van der Waals surface area contributed by atoms with Crippen molar-refractivity contribution < 1.29 is 41.2 Å². The number of carbonyl (C=O) groups excluding carboxylic acids is 4. The lowest BCUT2D eigenvalue weighted by Crippen LogP contribution is -2.52. The van der Waals surface area contributed by atoms with Gasteiger partial charge >= 0.3 is 0 Å². The van der Waals surface area contributed by atoms with Gasteiger partial charge in [0.1, 0.15) is 24.2 Å². The topological polar surface area (TPSA) is 178 Å². The Morgan fingerprint density at radius 3 is 2.60 bits per heavy atom. The van der Waals surface area contributed by atoms with Gasteiger partial charge in [-0.2, -0.15) is 0 Å². The fourth-order valence-corrected chi connectivity index (χ4v) is 9.33. The van der Waals surface area contributed by atoms with Crippen LogP contribution >= 0.6 is 0 Å². The summed E-state index contributed by atoms with van der Waals surface area (Å²) in [6, 6.07) is 11.0. The Hall–Kier alpha value is -5.18. The number of aromatic nitrogens is 2. The first-order valence-corrected chi connectivity index (χ1v) is 20.3. The van der Waals surface area contributed by atoms with Gasteiger partial charge in [0.25, 0.3) is 5.91 Å². The van der Waals surface area contributed by atoms with Gasteiger partial charge < -0.3 is 19.5 Å². The van der Waals surface area contributed by atoms with Crippen molar-refractivity contribution in [2.45, 2.75) is 94.1 Å². The van der Waals surface area contributed by atoms with Crippen molar-refractivity contribution in [3.05, 3.63) is 78.5 Å². The molecule has 1 saturated heterocycles. The number of allylic oxidation sites excluding steroid dienone is 2. The van der Waals surface area contributed by atoms with Gasteiger partial charge in [0, 0.05) is 35.7 Å². The van der Waals surface area contributed by atoms with Crippen LogP contribution in [-0.2, 0) is 24.4 Å². The lowest BCUT2D eigenvalue weighted by atomic mass is 9.91. The standard InChI is InChI=1S/C40H42FN5O8S/c1-39(16-17-39)55(51,52)45-38(50)40-21-24(40)9-5-3-2-4-6-12-31(42-35(48)30-15-18-53-44-30)37(49)46-23-26(20-33(46)34(47)22-40)54-36-29-11-8-7-10-27(29)28-14-13-25(41)19-32(28)43-36/h5,7-11,13-15,18-19,24,26,31,33H,2-4,6,12,16-17,20-23H2,1H3,(H,42,48)(H,45,50)/b9-5-/t24-,26-,31+,33+,40-/m1/s1. The van der Waals surface area contributed by atoms with E-state index >= 15 is 0 Å². The Morgan fingerprint density at radius 2 is 1.84 bits per heavy atom. The third kappa shape index (κ3) is 7.09. The van der Waals surface area contributed by atoms with Crippen molar-refractivity contribution in [1.29, 1.82) is 0 Å². The average Bonchev–Trinajstić information content (AvgIpc) is 3.91. The van der Waals surface area contributed by atoms with E-state index < -0.39 is 67.7 Å². The summed E-state index contributed by atoms with van der Waals surface area (Å²) in [5.74, 6) is -2.85. The number of rotatable bonds is 7. The van der Waals surface area contributed by atoms with Crippen LogP contribution in [0.1, 0.15) is 81.6 Å². The zero-order chi connectivity index (χ0) is 38.5. The van der Waals surface area contributed by atoms with E-state index in [4.69, 9.17) is 9.26 Å². The lowest BCUT2D eigenvalue weighted by Gasteiger charge is -2.29. The van der Waals surface area contributed by atoms with E-state index in [9.17, 15) is 32.0 Å². The minimum atomic E-state index is -3.98. The number of nitrogens with zero attached hydrogens (tertiary/aromatic N) is 3. The van der Waals surface area contributed by atoms with E-state index in [1.165, 1.54) is 29.4 Å². The van der Waals surface area contributed by atoms with Crippen molar-refractivity contribution in [3.8, 4) is 5.88 Å². The summed E-state index contributed by atoms with van der Waals surface area (Å²) in [5.41, 5.74) is -0.932. The fourth-order valence-electron chi connectivity index (χ4n) is 8.00. The molecule has 5 atom stereocenters. The molecule has 0 spiro atoms. The van der Waals surface area contributed by atoms with E-state index in [1.807, 2.05) is 36.4 Å². The normalized spacial score (nSPS) is 27.3. The van der Waals surface area contributed by atoms with Crippen LogP contribution in [0.15, 0.2) is 71.5 Å². The molecule has 13 nitrogen and oxygen atoms in total. The van der Waals surface area contributed by atoms with Crippen LogP contribution in [0.25, 0.3) is 21.7 Å². The molecule has 2 aliphatic carbocycles. The highest BCUT2D eigenvalue weighted by molar-refractivity contribution is 7.91. The molecule has 4 heterocycles. The van der Waals surface area contributed by atoms with Crippen LogP contribution in [0.4, 0.5) is 4.39 Å². The largest absolute Gasteiger partial charge is 0.472 e. The van der Waals surface area contributed by atoms with Crippen molar-refractivity contribution in [2.24, 2.45) is 11.3 Å². The number of benzene rings is 2. The van der Waals surface area contributed by atoms with Crippen LogP contribution in [0, 0.1) is 17.2 Å². The molecular formula is C40H42FN5O8S. The minimum Gasteiger partial charge on any atom is -0.472 e. The molecule has 0 radical (unpaired) electrons. The van der Waals surface area contributed by atoms with Crippen molar-refractivity contribution in [1.82, 2.24) is 25.1 Å². The minimum absolute atomic E-state index is 0.00230. The number of Topliss-reactive ketones (excluding diaryl/α,β-unsaturated/α-hetero) is 1. The molecule has 4 aromatic rings. The van der Waals surface area contributed by atoms with E-state index in [-0.39, 0.29) is 43.3 Å². The zero-order valence-electron chi connectivity index (χ0n) is 30.3. The molecule has 2 aliphatic heterocycles. The molecule has 3 amide bonds. The summed E-state index contributed by atoms with van der Waals surface area (Å²) in [7, 11) is -3.98. The number of carbonyl (C=O) groups is 4. The van der Waals surface area contributed by atoms with Crippen LogP contribution in [-0.4, -0.2) is 76.4 Å². The van der Waals surface area contributed by atoms with Crippen molar-refractivity contribution in [3.63, 3.8) is 0 Å². The SMILES string of the molecule is CC1(S(=O)(=O)NC(=O)[C@]23CC(=O)[C@@H]4C[C@@H](Oc5nc6cc(F)ccc6c6ccccc56)CN4C(=O)[C@@H](NC(=O)c4ccon4)CCCCC/C=C\[C@@H]2C3)CC1. The molecule has 2 N–H and O–H groups in total. The molecule has 2 aromatic carbocycles. The van der Waals surface area contributed by atoms with Crippen molar-refractivity contribution in [2.75, 3.05) is 6.54 Å². The molecule has 4 aliphatic rings. The number of ether oxygens (including phenoxy) is 1. The lowest BCUT2D eigenvalue weighted by molar-refractivity contribution is -0.140. The predicted molar refractivity (Wildman–Crippen MR) is 199 cm³/mol.